The van der Waals surface area contributed by atoms with Crippen LogP contribution in [0.25, 0.3) is 0 Å². The highest BCUT2D eigenvalue weighted by Gasteiger charge is 2.27. The Bertz CT molecular complexity index is 675. The summed E-state index contributed by atoms with van der Waals surface area (Å²) in [6.07, 6.45) is 1.54. The molecule has 0 radical (unpaired) electrons. The van der Waals surface area contributed by atoms with Gasteiger partial charge < -0.3 is 15.3 Å². The third kappa shape index (κ3) is 4.95. The molecule has 2 amide bonds. The van der Waals surface area contributed by atoms with E-state index in [4.69, 9.17) is 5.11 Å². The average Bonchev–Trinajstić information content (AvgIpc) is 2.59. The molecule has 132 valence electrons. The van der Waals surface area contributed by atoms with Crippen molar-refractivity contribution in [3.8, 4) is 0 Å². The molecule has 1 atom stereocenters. The summed E-state index contributed by atoms with van der Waals surface area (Å²) < 4.78 is 24.2. The zero-order chi connectivity index (χ0) is 17.6. The second-order valence-corrected chi connectivity index (χ2v) is 7.95. The van der Waals surface area contributed by atoms with E-state index in [0.717, 1.165) is 0 Å². The van der Waals surface area contributed by atoms with Gasteiger partial charge in [-0.15, -0.1) is 0 Å². The van der Waals surface area contributed by atoms with Crippen LogP contribution in [0.3, 0.4) is 0 Å². The van der Waals surface area contributed by atoms with Crippen molar-refractivity contribution in [1.82, 2.24) is 10.2 Å². The first-order valence-electron chi connectivity index (χ1n) is 7.93. The Kier molecular flexibility index (Phi) is 6.19. The molecule has 1 aliphatic rings. The quantitative estimate of drug-likeness (QED) is 0.751. The molecule has 7 nitrogen and oxygen atoms in total. The molecule has 1 heterocycles. The Morgan fingerprint density at radius 2 is 1.96 bits per heavy atom. The van der Waals surface area contributed by atoms with Gasteiger partial charge in [0.05, 0.1) is 16.6 Å². The Labute approximate surface area is 141 Å². The predicted octanol–water partition coefficient (Wildman–Crippen LogP) is 1.36. The number of urea groups is 1. The number of rotatable bonds is 6. The van der Waals surface area contributed by atoms with Crippen molar-refractivity contribution in [3.05, 3.63) is 30.3 Å². The molecule has 1 aromatic carbocycles. The van der Waals surface area contributed by atoms with Crippen LogP contribution in [0.4, 0.5) is 4.79 Å². The number of hydrogen-bond acceptors (Lipinski definition) is 4. The zero-order valence-electron chi connectivity index (χ0n) is 13.3. The van der Waals surface area contributed by atoms with Gasteiger partial charge in [-0.1, -0.05) is 18.2 Å². The third-order valence-electron chi connectivity index (χ3n) is 4.03. The molecule has 2 N–H and O–H groups in total. The van der Waals surface area contributed by atoms with Crippen molar-refractivity contribution < 1.29 is 23.1 Å². The summed E-state index contributed by atoms with van der Waals surface area (Å²) >= 11 is 0. The number of sulfone groups is 1. The maximum atomic E-state index is 12.1. The lowest BCUT2D eigenvalue weighted by molar-refractivity contribution is -0.143. The molecule has 0 aliphatic carbocycles. The lowest BCUT2D eigenvalue weighted by Gasteiger charge is -2.30. The summed E-state index contributed by atoms with van der Waals surface area (Å²) in [5, 5.41) is 11.7. The lowest BCUT2D eigenvalue weighted by Crippen LogP contribution is -2.47. The van der Waals surface area contributed by atoms with Crippen molar-refractivity contribution in [2.75, 3.05) is 25.4 Å². The van der Waals surface area contributed by atoms with E-state index >= 15 is 0 Å². The van der Waals surface area contributed by atoms with Crippen LogP contribution in [-0.2, 0) is 14.6 Å². The number of hydrogen-bond donors (Lipinski definition) is 2. The number of aliphatic carboxylic acids is 1. The fourth-order valence-corrected chi connectivity index (χ4v) is 4.01. The molecular weight excluding hydrogens is 332 g/mol. The smallest absolute Gasteiger partial charge is 0.317 e. The van der Waals surface area contributed by atoms with Gasteiger partial charge in [0.1, 0.15) is 0 Å². The van der Waals surface area contributed by atoms with E-state index in [1.165, 1.54) is 4.90 Å². The minimum Gasteiger partial charge on any atom is -0.481 e. The minimum absolute atomic E-state index is 0.0466. The van der Waals surface area contributed by atoms with E-state index in [1.54, 1.807) is 30.3 Å². The molecule has 0 spiro atoms. The van der Waals surface area contributed by atoms with E-state index < -0.39 is 21.7 Å². The van der Waals surface area contributed by atoms with Crippen molar-refractivity contribution >= 4 is 21.8 Å². The zero-order valence-corrected chi connectivity index (χ0v) is 14.2. The molecule has 1 fully saturated rings. The average molecular weight is 354 g/mol. The fourth-order valence-electron chi connectivity index (χ4n) is 2.68. The van der Waals surface area contributed by atoms with Gasteiger partial charge in [0.2, 0.25) is 0 Å². The summed E-state index contributed by atoms with van der Waals surface area (Å²) in [4.78, 5) is 24.8. The summed E-state index contributed by atoms with van der Waals surface area (Å²) in [6, 6.07) is 7.86. The number of nitrogens with one attached hydrogen (secondary N) is 1. The maximum Gasteiger partial charge on any atom is 0.317 e. The van der Waals surface area contributed by atoms with Crippen molar-refractivity contribution in [2.24, 2.45) is 5.92 Å². The number of likely N-dealkylation sites (tertiary alicyclic amines) is 1. The van der Waals surface area contributed by atoms with Crippen LogP contribution >= 0.6 is 0 Å². The number of carboxylic acid groups (broad SMARTS) is 1. The number of benzene rings is 1. The standard InChI is InChI=1S/C16H22N2O5S/c19-15(20)13-6-4-10-18(12-13)16(21)17-9-5-11-24(22,23)14-7-2-1-3-8-14/h1-3,7-8,13H,4-6,9-12H2,(H,17,21)(H,19,20). The molecule has 0 bridgehead atoms. The van der Waals surface area contributed by atoms with Crippen LogP contribution in [-0.4, -0.2) is 55.8 Å². The molecule has 0 saturated carbocycles. The highest BCUT2D eigenvalue weighted by molar-refractivity contribution is 7.91. The van der Waals surface area contributed by atoms with Crippen LogP contribution in [0.1, 0.15) is 19.3 Å². The van der Waals surface area contributed by atoms with Crippen LogP contribution in [0.5, 0.6) is 0 Å². The van der Waals surface area contributed by atoms with Crippen LogP contribution < -0.4 is 5.32 Å². The molecule has 1 saturated heterocycles. The molecule has 0 aromatic heterocycles. The van der Waals surface area contributed by atoms with Crippen molar-refractivity contribution in [1.29, 1.82) is 0 Å². The predicted molar refractivity (Wildman–Crippen MR) is 88.4 cm³/mol. The maximum absolute atomic E-state index is 12.1. The van der Waals surface area contributed by atoms with Gasteiger partial charge in [-0.2, -0.15) is 0 Å². The number of carbonyl (C=O) groups is 2. The minimum atomic E-state index is -3.35. The van der Waals surface area contributed by atoms with Gasteiger partial charge in [-0.05, 0) is 31.4 Å². The molecule has 8 heteroatoms. The normalized spacial score (nSPS) is 18.2. The highest BCUT2D eigenvalue weighted by Crippen LogP contribution is 2.16. The van der Waals surface area contributed by atoms with Crippen LogP contribution in [0.2, 0.25) is 0 Å². The van der Waals surface area contributed by atoms with Gasteiger partial charge in [-0.3, -0.25) is 4.79 Å². The summed E-state index contributed by atoms with van der Waals surface area (Å²) in [5.74, 6) is -1.46. The van der Waals surface area contributed by atoms with Gasteiger partial charge in [0.25, 0.3) is 0 Å². The fraction of sp³-hybridized carbons (Fsp3) is 0.500. The summed E-state index contributed by atoms with van der Waals surface area (Å²) in [6.45, 7) is 0.959. The van der Waals surface area contributed by atoms with Crippen LogP contribution in [0, 0.1) is 5.92 Å². The molecule has 1 aliphatic heterocycles. The first kappa shape index (κ1) is 18.3. The summed E-state index contributed by atoms with van der Waals surface area (Å²) in [7, 11) is -3.35. The third-order valence-corrected chi connectivity index (χ3v) is 5.84. The topological polar surface area (TPSA) is 104 Å². The Hall–Kier alpha value is -2.09. The monoisotopic (exact) mass is 354 g/mol. The largest absolute Gasteiger partial charge is 0.481 e. The Morgan fingerprint density at radius 1 is 1.25 bits per heavy atom. The SMILES string of the molecule is O=C(O)C1CCCN(C(=O)NCCCS(=O)(=O)c2ccccc2)C1. The van der Waals surface area contributed by atoms with E-state index in [1.807, 2.05) is 0 Å². The number of amides is 2. The van der Waals surface area contributed by atoms with E-state index in [9.17, 15) is 18.0 Å². The first-order valence-corrected chi connectivity index (χ1v) is 9.59. The van der Waals surface area contributed by atoms with Gasteiger partial charge in [-0.25, -0.2) is 13.2 Å². The number of nitrogens with zero attached hydrogens (tertiary/aromatic N) is 1. The molecule has 2 rings (SSSR count). The van der Waals surface area contributed by atoms with Crippen molar-refractivity contribution in [3.63, 3.8) is 0 Å². The molecule has 24 heavy (non-hydrogen) atoms. The second kappa shape index (κ2) is 8.14. The highest BCUT2D eigenvalue weighted by atomic mass is 32.2. The Morgan fingerprint density at radius 3 is 2.62 bits per heavy atom. The number of carboxylic acids is 1. The van der Waals surface area contributed by atoms with Gasteiger partial charge in [0, 0.05) is 19.6 Å². The first-order chi connectivity index (χ1) is 11.4. The van der Waals surface area contributed by atoms with E-state index in [2.05, 4.69) is 5.32 Å². The lowest BCUT2D eigenvalue weighted by atomic mass is 9.99. The Balaban J connectivity index is 1.76. The molecule has 1 unspecified atom stereocenters. The number of carbonyl (C=O) groups excluding carboxylic acids is 1. The van der Waals surface area contributed by atoms with Crippen molar-refractivity contribution in [2.45, 2.75) is 24.2 Å². The van der Waals surface area contributed by atoms with Gasteiger partial charge >= 0.3 is 12.0 Å². The molecular formula is C16H22N2O5S. The number of piperidine rings is 1. The van der Waals surface area contributed by atoms with Crippen LogP contribution in [0.15, 0.2) is 35.2 Å². The molecule has 1 aromatic rings. The van der Waals surface area contributed by atoms with E-state index in [-0.39, 0.29) is 29.8 Å². The summed E-state index contributed by atoms with van der Waals surface area (Å²) in [5.41, 5.74) is 0. The van der Waals surface area contributed by atoms with Gasteiger partial charge in [0.15, 0.2) is 9.84 Å². The van der Waals surface area contributed by atoms with E-state index in [0.29, 0.717) is 25.8 Å². The second-order valence-electron chi connectivity index (χ2n) is 5.84.